The van der Waals surface area contributed by atoms with E-state index >= 15 is 0 Å². The van der Waals surface area contributed by atoms with E-state index in [0.29, 0.717) is 19.0 Å². The summed E-state index contributed by atoms with van der Waals surface area (Å²) >= 11 is 1.63. The molecule has 2 aliphatic rings. The Morgan fingerprint density at radius 3 is 3.10 bits per heavy atom. The summed E-state index contributed by atoms with van der Waals surface area (Å²) in [5.74, 6) is 0.670. The predicted octanol–water partition coefficient (Wildman–Crippen LogP) is 1.89. The molecule has 0 radical (unpaired) electrons. The highest BCUT2D eigenvalue weighted by Crippen LogP contribution is 2.36. The highest BCUT2D eigenvalue weighted by Gasteiger charge is 2.38. The summed E-state index contributed by atoms with van der Waals surface area (Å²) < 4.78 is 5.92. The zero-order chi connectivity index (χ0) is 13.9. The first-order valence-corrected chi connectivity index (χ1v) is 8.17. The number of morpholine rings is 1. The van der Waals surface area contributed by atoms with Gasteiger partial charge >= 0.3 is 6.03 Å². The van der Waals surface area contributed by atoms with Crippen LogP contribution in [0.2, 0.25) is 0 Å². The largest absolute Gasteiger partial charge is 0.371 e. The number of carbonyl (C=O) groups excluding carboxylic acids is 1. The van der Waals surface area contributed by atoms with Crippen molar-refractivity contribution in [2.24, 2.45) is 5.92 Å². The van der Waals surface area contributed by atoms with Crippen LogP contribution in [0, 0.1) is 5.92 Å². The Labute approximate surface area is 123 Å². The molecule has 1 aliphatic carbocycles. The Morgan fingerprint density at radius 1 is 1.55 bits per heavy atom. The summed E-state index contributed by atoms with van der Waals surface area (Å²) in [7, 11) is 0. The van der Waals surface area contributed by atoms with Gasteiger partial charge in [-0.3, -0.25) is 0 Å². The van der Waals surface area contributed by atoms with Gasteiger partial charge in [-0.15, -0.1) is 11.3 Å². The quantitative estimate of drug-likeness (QED) is 0.923. The molecule has 0 bridgehead atoms. The van der Waals surface area contributed by atoms with Crippen molar-refractivity contribution in [1.82, 2.24) is 15.2 Å². The summed E-state index contributed by atoms with van der Waals surface area (Å²) in [6.07, 6.45) is 5.47. The molecule has 0 unspecified atom stereocenters. The number of thiazole rings is 1. The minimum absolute atomic E-state index is 0.0300. The van der Waals surface area contributed by atoms with Gasteiger partial charge in [0.25, 0.3) is 0 Å². The van der Waals surface area contributed by atoms with Gasteiger partial charge in [0.15, 0.2) is 0 Å². The van der Waals surface area contributed by atoms with Crippen molar-refractivity contribution < 1.29 is 9.53 Å². The number of amides is 2. The molecule has 2 fully saturated rings. The second-order valence-corrected chi connectivity index (χ2v) is 6.61. The van der Waals surface area contributed by atoms with Crippen LogP contribution in [0.3, 0.4) is 0 Å². The van der Waals surface area contributed by atoms with Crippen molar-refractivity contribution in [2.75, 3.05) is 19.6 Å². The number of nitrogens with one attached hydrogen (secondary N) is 1. The average Bonchev–Trinajstić information content (AvgIpc) is 3.16. The van der Waals surface area contributed by atoms with Crippen molar-refractivity contribution >= 4 is 17.4 Å². The second-order valence-electron chi connectivity index (χ2n) is 5.64. The smallest absolute Gasteiger partial charge is 0.317 e. The first-order chi connectivity index (χ1) is 9.72. The third-order valence-electron chi connectivity index (χ3n) is 3.82. The number of hydrogen-bond donors (Lipinski definition) is 1. The topological polar surface area (TPSA) is 54.5 Å². The lowest BCUT2D eigenvalue weighted by Gasteiger charge is -2.37. The van der Waals surface area contributed by atoms with Crippen LogP contribution in [0.15, 0.2) is 11.6 Å². The van der Waals surface area contributed by atoms with E-state index in [-0.39, 0.29) is 18.2 Å². The molecule has 20 heavy (non-hydrogen) atoms. The molecule has 1 N–H and O–H groups in total. The van der Waals surface area contributed by atoms with Crippen molar-refractivity contribution in [2.45, 2.75) is 38.4 Å². The van der Waals surface area contributed by atoms with Crippen LogP contribution in [0.5, 0.6) is 0 Å². The zero-order valence-electron chi connectivity index (χ0n) is 11.7. The van der Waals surface area contributed by atoms with Crippen molar-refractivity contribution in [3.8, 4) is 0 Å². The summed E-state index contributed by atoms with van der Waals surface area (Å²) in [6.45, 7) is 4.11. The highest BCUT2D eigenvalue weighted by atomic mass is 32.1. The number of urea groups is 1. The monoisotopic (exact) mass is 295 g/mol. The maximum atomic E-state index is 12.2. The molecule has 1 saturated heterocycles. The summed E-state index contributed by atoms with van der Waals surface area (Å²) in [4.78, 5) is 18.3. The van der Waals surface area contributed by atoms with E-state index in [2.05, 4.69) is 10.3 Å². The average molecular weight is 295 g/mol. The Hall–Kier alpha value is -1.14. The third-order valence-corrected chi connectivity index (χ3v) is 4.66. The van der Waals surface area contributed by atoms with Gasteiger partial charge in [0.1, 0.15) is 0 Å². The summed E-state index contributed by atoms with van der Waals surface area (Å²) in [5.41, 5.74) is 0. The van der Waals surface area contributed by atoms with E-state index < -0.39 is 0 Å². The Morgan fingerprint density at radius 2 is 2.40 bits per heavy atom. The predicted molar refractivity (Wildman–Crippen MR) is 77.8 cm³/mol. The number of carbonyl (C=O) groups is 1. The molecule has 2 amide bonds. The maximum absolute atomic E-state index is 12.2. The van der Waals surface area contributed by atoms with Gasteiger partial charge in [-0.2, -0.15) is 0 Å². The fourth-order valence-electron chi connectivity index (χ4n) is 2.65. The molecule has 1 aromatic heterocycles. The Bertz CT molecular complexity index is 447. The molecule has 0 aromatic carbocycles. The fourth-order valence-corrected chi connectivity index (χ4v) is 3.27. The Balaban J connectivity index is 1.45. The highest BCUT2D eigenvalue weighted by molar-refractivity contribution is 7.09. The molecule has 2 heterocycles. The first-order valence-electron chi connectivity index (χ1n) is 7.29. The van der Waals surface area contributed by atoms with E-state index in [9.17, 15) is 4.79 Å². The van der Waals surface area contributed by atoms with Crippen LogP contribution in [0.1, 0.15) is 24.8 Å². The molecule has 2 atom stereocenters. The van der Waals surface area contributed by atoms with Crippen LogP contribution >= 0.6 is 11.3 Å². The standard InChI is InChI=1S/C14H21N3O2S/c1-10-8-17(9-12(19-10)11-2-3-11)14(18)16-5-4-13-15-6-7-20-13/h6-7,10-12H,2-5,8-9H2,1H3,(H,16,18)/t10-,12+/m1/s1. The molecular weight excluding hydrogens is 274 g/mol. The van der Waals surface area contributed by atoms with E-state index in [4.69, 9.17) is 4.74 Å². The van der Waals surface area contributed by atoms with E-state index in [1.807, 2.05) is 17.2 Å². The van der Waals surface area contributed by atoms with Gasteiger partial charge in [0.2, 0.25) is 0 Å². The minimum atomic E-state index is 0.0300. The molecule has 1 aliphatic heterocycles. The van der Waals surface area contributed by atoms with Gasteiger partial charge in [-0.05, 0) is 25.7 Å². The van der Waals surface area contributed by atoms with Crippen molar-refractivity contribution in [3.05, 3.63) is 16.6 Å². The van der Waals surface area contributed by atoms with Crippen LogP contribution in [-0.2, 0) is 11.2 Å². The van der Waals surface area contributed by atoms with Crippen LogP contribution in [0.4, 0.5) is 4.79 Å². The van der Waals surface area contributed by atoms with Crippen LogP contribution < -0.4 is 5.32 Å². The number of hydrogen-bond acceptors (Lipinski definition) is 4. The molecule has 5 nitrogen and oxygen atoms in total. The molecule has 3 rings (SSSR count). The Kier molecular flexibility index (Phi) is 4.21. The summed E-state index contributed by atoms with van der Waals surface area (Å²) in [6, 6.07) is 0.0300. The fraction of sp³-hybridized carbons (Fsp3) is 0.714. The summed E-state index contributed by atoms with van der Waals surface area (Å²) in [5, 5.41) is 6.01. The molecule has 6 heteroatoms. The minimum Gasteiger partial charge on any atom is -0.371 e. The molecule has 110 valence electrons. The third kappa shape index (κ3) is 3.49. The lowest BCUT2D eigenvalue weighted by molar-refractivity contribution is -0.0730. The molecule has 1 aromatic rings. The van der Waals surface area contributed by atoms with Gasteiger partial charge in [-0.1, -0.05) is 0 Å². The van der Waals surface area contributed by atoms with Crippen molar-refractivity contribution in [3.63, 3.8) is 0 Å². The lowest BCUT2D eigenvalue weighted by Crippen LogP contribution is -2.53. The van der Waals surface area contributed by atoms with E-state index in [0.717, 1.165) is 18.0 Å². The number of rotatable bonds is 4. The van der Waals surface area contributed by atoms with E-state index in [1.54, 1.807) is 17.5 Å². The number of ether oxygens (including phenoxy) is 1. The number of nitrogens with zero attached hydrogens (tertiary/aromatic N) is 2. The van der Waals surface area contributed by atoms with Gasteiger partial charge in [0.05, 0.1) is 17.2 Å². The molecule has 0 spiro atoms. The lowest BCUT2D eigenvalue weighted by atomic mass is 10.1. The van der Waals surface area contributed by atoms with Crippen molar-refractivity contribution in [1.29, 1.82) is 0 Å². The van der Waals surface area contributed by atoms with E-state index in [1.165, 1.54) is 12.8 Å². The first kappa shape index (κ1) is 13.8. The van der Waals surface area contributed by atoms with Gasteiger partial charge in [-0.25, -0.2) is 9.78 Å². The normalized spacial score (nSPS) is 26.6. The van der Waals surface area contributed by atoms with Crippen LogP contribution in [0.25, 0.3) is 0 Å². The number of aromatic nitrogens is 1. The second kappa shape index (κ2) is 6.10. The zero-order valence-corrected chi connectivity index (χ0v) is 12.6. The van der Waals surface area contributed by atoms with Gasteiger partial charge in [0, 0.05) is 37.6 Å². The van der Waals surface area contributed by atoms with Gasteiger partial charge < -0.3 is 15.0 Å². The molecular formula is C14H21N3O2S. The SMILES string of the molecule is C[C@@H]1CN(C(=O)NCCc2nccs2)C[C@@H](C2CC2)O1. The maximum Gasteiger partial charge on any atom is 0.317 e. The van der Waals surface area contributed by atoms with Crippen LogP contribution in [-0.4, -0.2) is 47.8 Å². The molecule has 1 saturated carbocycles.